The van der Waals surface area contributed by atoms with Gasteiger partial charge in [-0.25, -0.2) is 0 Å². The first-order chi connectivity index (χ1) is 6.77. The Bertz CT molecular complexity index is 246. The number of nitrogens with one attached hydrogen (secondary N) is 1. The normalized spacial score (nSPS) is 23.5. The summed E-state index contributed by atoms with van der Waals surface area (Å²) in [6.45, 7) is 1.96. The highest BCUT2D eigenvalue weighted by molar-refractivity contribution is 8.13. The SMILES string of the molecule is CSC(=NCC1CCCN1C)NC#N. The zero-order chi connectivity index (χ0) is 10.4. The Kier molecular flexibility index (Phi) is 4.77. The monoisotopic (exact) mass is 212 g/mol. The largest absolute Gasteiger partial charge is 0.302 e. The summed E-state index contributed by atoms with van der Waals surface area (Å²) in [6, 6.07) is 0.553. The molecule has 1 unspecified atom stereocenters. The molecule has 0 aromatic heterocycles. The minimum Gasteiger partial charge on any atom is -0.302 e. The fraction of sp³-hybridized carbons (Fsp3) is 0.778. The molecule has 0 amide bonds. The molecule has 1 aliphatic rings. The first-order valence-corrected chi connectivity index (χ1v) is 5.94. The van der Waals surface area contributed by atoms with Crippen molar-refractivity contribution in [3.63, 3.8) is 0 Å². The number of thioether (sulfide) groups is 1. The standard InChI is InChI=1S/C9H16N4S/c1-13-5-3-4-8(13)6-11-9(14-2)12-7-10/h8H,3-6H2,1-2H3,(H,11,12). The summed E-state index contributed by atoms with van der Waals surface area (Å²) in [6.07, 6.45) is 6.29. The van der Waals surface area contributed by atoms with Gasteiger partial charge in [0, 0.05) is 6.04 Å². The van der Waals surface area contributed by atoms with E-state index in [9.17, 15) is 0 Å². The molecule has 1 N–H and O–H groups in total. The van der Waals surface area contributed by atoms with Gasteiger partial charge in [0.2, 0.25) is 0 Å². The summed E-state index contributed by atoms with van der Waals surface area (Å²) in [4.78, 5) is 6.70. The Morgan fingerprint density at radius 3 is 3.07 bits per heavy atom. The second kappa shape index (κ2) is 5.89. The lowest BCUT2D eigenvalue weighted by molar-refractivity contribution is 0.317. The Morgan fingerprint density at radius 1 is 1.79 bits per heavy atom. The molecule has 1 aliphatic heterocycles. The second-order valence-corrected chi connectivity index (χ2v) is 4.16. The first-order valence-electron chi connectivity index (χ1n) is 4.71. The average Bonchev–Trinajstić information content (AvgIpc) is 2.59. The van der Waals surface area contributed by atoms with Gasteiger partial charge in [-0.3, -0.25) is 10.3 Å². The number of nitriles is 1. The van der Waals surface area contributed by atoms with Crippen molar-refractivity contribution in [2.75, 3.05) is 26.4 Å². The molecule has 5 heteroatoms. The minimum absolute atomic E-state index is 0.553. The van der Waals surface area contributed by atoms with Crippen molar-refractivity contribution in [1.82, 2.24) is 10.2 Å². The quantitative estimate of drug-likeness (QED) is 0.319. The maximum atomic E-state index is 8.45. The fourth-order valence-corrected chi connectivity index (χ4v) is 1.95. The van der Waals surface area contributed by atoms with E-state index in [-0.39, 0.29) is 0 Å². The molecule has 1 saturated heterocycles. The highest BCUT2D eigenvalue weighted by Gasteiger charge is 2.20. The molecule has 0 radical (unpaired) electrons. The number of hydrogen-bond acceptors (Lipinski definition) is 4. The lowest BCUT2D eigenvalue weighted by Gasteiger charge is -2.17. The summed E-state index contributed by atoms with van der Waals surface area (Å²) in [5.41, 5.74) is 0. The number of aliphatic imine (C=N–C) groups is 1. The van der Waals surface area contributed by atoms with Crippen molar-refractivity contribution in [3.8, 4) is 6.19 Å². The maximum absolute atomic E-state index is 8.45. The lowest BCUT2D eigenvalue weighted by atomic mass is 10.2. The van der Waals surface area contributed by atoms with Gasteiger partial charge in [-0.15, -0.1) is 0 Å². The van der Waals surface area contributed by atoms with Crippen molar-refractivity contribution in [2.24, 2.45) is 4.99 Å². The van der Waals surface area contributed by atoms with Crippen LogP contribution in [-0.4, -0.2) is 42.5 Å². The highest BCUT2D eigenvalue weighted by atomic mass is 32.2. The minimum atomic E-state index is 0.553. The summed E-state index contributed by atoms with van der Waals surface area (Å²) >= 11 is 1.48. The summed E-state index contributed by atoms with van der Waals surface area (Å²) in [5, 5.41) is 11.7. The molecule has 14 heavy (non-hydrogen) atoms. The third kappa shape index (κ3) is 3.20. The molecular formula is C9H16N4S. The van der Waals surface area contributed by atoms with E-state index in [1.54, 1.807) is 0 Å². The van der Waals surface area contributed by atoms with Gasteiger partial charge in [-0.1, -0.05) is 11.8 Å². The van der Waals surface area contributed by atoms with Crippen LogP contribution in [0.2, 0.25) is 0 Å². The topological polar surface area (TPSA) is 51.4 Å². The fourth-order valence-electron chi connectivity index (χ4n) is 1.60. The van der Waals surface area contributed by atoms with Crippen molar-refractivity contribution in [2.45, 2.75) is 18.9 Å². The maximum Gasteiger partial charge on any atom is 0.183 e. The van der Waals surface area contributed by atoms with E-state index < -0.39 is 0 Å². The Balaban J connectivity index is 2.39. The molecule has 0 spiro atoms. The van der Waals surface area contributed by atoms with Crippen LogP contribution >= 0.6 is 11.8 Å². The van der Waals surface area contributed by atoms with Crippen LogP contribution in [0.25, 0.3) is 0 Å². The van der Waals surface area contributed by atoms with Gasteiger partial charge in [-0.05, 0) is 32.7 Å². The van der Waals surface area contributed by atoms with Crippen LogP contribution in [0.15, 0.2) is 4.99 Å². The third-order valence-electron chi connectivity index (χ3n) is 2.47. The zero-order valence-corrected chi connectivity index (χ0v) is 9.47. The molecule has 0 aromatic rings. The lowest BCUT2D eigenvalue weighted by Crippen LogP contribution is -2.28. The number of hydrogen-bond donors (Lipinski definition) is 1. The van der Waals surface area contributed by atoms with Crippen LogP contribution in [0.1, 0.15) is 12.8 Å². The second-order valence-electron chi connectivity index (χ2n) is 3.36. The average molecular weight is 212 g/mol. The molecule has 0 saturated carbocycles. The predicted molar refractivity (Wildman–Crippen MR) is 60.2 cm³/mol. The molecular weight excluding hydrogens is 196 g/mol. The van der Waals surface area contributed by atoms with Crippen molar-refractivity contribution >= 4 is 16.9 Å². The number of likely N-dealkylation sites (tertiary alicyclic amines) is 1. The molecule has 1 heterocycles. The van der Waals surface area contributed by atoms with Gasteiger partial charge in [0.05, 0.1) is 6.54 Å². The summed E-state index contributed by atoms with van der Waals surface area (Å²) in [7, 11) is 2.13. The first kappa shape index (κ1) is 11.3. The van der Waals surface area contributed by atoms with Gasteiger partial charge < -0.3 is 4.90 Å². The van der Waals surface area contributed by atoms with Gasteiger partial charge in [-0.2, -0.15) is 5.26 Å². The summed E-state index contributed by atoms with van der Waals surface area (Å²) in [5.74, 6) is 0. The van der Waals surface area contributed by atoms with E-state index in [4.69, 9.17) is 5.26 Å². The molecule has 1 rings (SSSR count). The molecule has 0 aliphatic carbocycles. The number of likely N-dealkylation sites (N-methyl/N-ethyl adjacent to an activating group) is 1. The van der Waals surface area contributed by atoms with Crippen molar-refractivity contribution in [3.05, 3.63) is 0 Å². The molecule has 4 nitrogen and oxygen atoms in total. The summed E-state index contributed by atoms with van der Waals surface area (Å²) < 4.78 is 0. The van der Waals surface area contributed by atoms with Crippen LogP contribution in [0.5, 0.6) is 0 Å². The van der Waals surface area contributed by atoms with Crippen LogP contribution in [0.3, 0.4) is 0 Å². The Hall–Kier alpha value is -0.730. The van der Waals surface area contributed by atoms with E-state index in [0.717, 1.165) is 6.54 Å². The number of rotatable bonds is 2. The van der Waals surface area contributed by atoms with E-state index in [2.05, 4.69) is 22.3 Å². The molecule has 0 aromatic carbocycles. The third-order valence-corrected chi connectivity index (χ3v) is 3.09. The highest BCUT2D eigenvalue weighted by Crippen LogP contribution is 2.14. The Morgan fingerprint density at radius 2 is 2.57 bits per heavy atom. The predicted octanol–water partition coefficient (Wildman–Crippen LogP) is 0.870. The van der Waals surface area contributed by atoms with Crippen LogP contribution in [0.4, 0.5) is 0 Å². The van der Waals surface area contributed by atoms with E-state index >= 15 is 0 Å². The number of nitrogens with zero attached hydrogens (tertiary/aromatic N) is 3. The Labute approximate surface area is 89.4 Å². The van der Waals surface area contributed by atoms with Gasteiger partial charge in [0.1, 0.15) is 0 Å². The molecule has 0 bridgehead atoms. The molecule has 1 atom stereocenters. The van der Waals surface area contributed by atoms with E-state index in [1.165, 1.54) is 31.1 Å². The van der Waals surface area contributed by atoms with Crippen LogP contribution in [-0.2, 0) is 0 Å². The van der Waals surface area contributed by atoms with Crippen LogP contribution in [0, 0.1) is 11.5 Å². The molecule has 78 valence electrons. The van der Waals surface area contributed by atoms with E-state index in [0.29, 0.717) is 11.2 Å². The van der Waals surface area contributed by atoms with Gasteiger partial charge in [0.25, 0.3) is 0 Å². The molecule has 1 fully saturated rings. The van der Waals surface area contributed by atoms with Gasteiger partial charge in [0.15, 0.2) is 11.4 Å². The van der Waals surface area contributed by atoms with Crippen molar-refractivity contribution < 1.29 is 0 Å². The van der Waals surface area contributed by atoms with E-state index in [1.807, 2.05) is 12.4 Å². The van der Waals surface area contributed by atoms with Gasteiger partial charge >= 0.3 is 0 Å². The number of amidine groups is 1. The smallest absolute Gasteiger partial charge is 0.183 e. The van der Waals surface area contributed by atoms with Crippen LogP contribution < -0.4 is 5.32 Å². The zero-order valence-electron chi connectivity index (χ0n) is 8.66. The van der Waals surface area contributed by atoms with Crippen molar-refractivity contribution in [1.29, 1.82) is 5.26 Å².